The standard InChI is InChI=1S/C15H15FN6/c16-12-1-3-13(4-2-12)21-15-6-5-14(9-19-15)18-7-8-22-11-17-10-20-22/h1-6,9-11,18H,7-8H2,(H,19,21). The van der Waals surface area contributed by atoms with Gasteiger partial charge in [0.15, 0.2) is 0 Å². The minimum absolute atomic E-state index is 0.259. The summed E-state index contributed by atoms with van der Waals surface area (Å²) in [6, 6.07) is 9.94. The van der Waals surface area contributed by atoms with E-state index in [1.54, 1.807) is 29.3 Å². The van der Waals surface area contributed by atoms with Gasteiger partial charge in [-0.05, 0) is 36.4 Å². The van der Waals surface area contributed by atoms with Crippen LogP contribution in [0.25, 0.3) is 0 Å². The molecule has 2 heterocycles. The zero-order valence-electron chi connectivity index (χ0n) is 11.8. The molecule has 0 spiro atoms. The molecular weight excluding hydrogens is 283 g/mol. The molecule has 0 saturated carbocycles. The number of pyridine rings is 1. The molecule has 1 aromatic carbocycles. The molecule has 0 aliphatic rings. The second kappa shape index (κ2) is 6.66. The van der Waals surface area contributed by atoms with Crippen molar-refractivity contribution in [2.75, 3.05) is 17.2 Å². The van der Waals surface area contributed by atoms with Crippen molar-refractivity contribution in [3.63, 3.8) is 0 Å². The Kier molecular flexibility index (Phi) is 4.24. The highest BCUT2D eigenvalue weighted by molar-refractivity contribution is 5.57. The van der Waals surface area contributed by atoms with Crippen molar-refractivity contribution in [2.45, 2.75) is 6.54 Å². The first-order valence-corrected chi connectivity index (χ1v) is 6.84. The highest BCUT2D eigenvalue weighted by Gasteiger charge is 1.98. The normalized spacial score (nSPS) is 10.4. The molecule has 0 fully saturated rings. The van der Waals surface area contributed by atoms with Crippen LogP contribution in [0.4, 0.5) is 21.6 Å². The first-order valence-electron chi connectivity index (χ1n) is 6.84. The Balaban J connectivity index is 1.52. The number of nitrogens with zero attached hydrogens (tertiary/aromatic N) is 4. The molecule has 2 N–H and O–H groups in total. The number of anilines is 3. The lowest BCUT2D eigenvalue weighted by Gasteiger charge is -2.08. The second-order valence-electron chi connectivity index (χ2n) is 4.65. The highest BCUT2D eigenvalue weighted by atomic mass is 19.1. The van der Waals surface area contributed by atoms with Gasteiger partial charge in [-0.1, -0.05) is 0 Å². The summed E-state index contributed by atoms with van der Waals surface area (Å²) in [7, 11) is 0. The monoisotopic (exact) mass is 298 g/mol. The molecular formula is C15H15FN6. The Morgan fingerprint density at radius 3 is 2.55 bits per heavy atom. The number of nitrogens with one attached hydrogen (secondary N) is 2. The summed E-state index contributed by atoms with van der Waals surface area (Å²) in [4.78, 5) is 8.19. The van der Waals surface area contributed by atoms with Crippen LogP contribution in [0.2, 0.25) is 0 Å². The van der Waals surface area contributed by atoms with Gasteiger partial charge in [0.1, 0.15) is 24.3 Å². The molecule has 0 radical (unpaired) electrons. The van der Waals surface area contributed by atoms with E-state index >= 15 is 0 Å². The van der Waals surface area contributed by atoms with Crippen LogP contribution in [0.3, 0.4) is 0 Å². The van der Waals surface area contributed by atoms with Gasteiger partial charge in [-0.15, -0.1) is 0 Å². The van der Waals surface area contributed by atoms with Crippen molar-refractivity contribution in [1.82, 2.24) is 19.7 Å². The molecule has 7 heteroatoms. The summed E-state index contributed by atoms with van der Waals surface area (Å²) >= 11 is 0. The van der Waals surface area contributed by atoms with Crippen molar-refractivity contribution >= 4 is 17.2 Å². The second-order valence-corrected chi connectivity index (χ2v) is 4.65. The van der Waals surface area contributed by atoms with E-state index in [4.69, 9.17) is 0 Å². The van der Waals surface area contributed by atoms with Crippen LogP contribution in [0.15, 0.2) is 55.2 Å². The van der Waals surface area contributed by atoms with Gasteiger partial charge >= 0.3 is 0 Å². The van der Waals surface area contributed by atoms with Crippen LogP contribution < -0.4 is 10.6 Å². The number of benzene rings is 1. The number of hydrogen-bond donors (Lipinski definition) is 2. The van der Waals surface area contributed by atoms with Gasteiger partial charge in [0.05, 0.1) is 18.4 Å². The molecule has 22 heavy (non-hydrogen) atoms. The van der Waals surface area contributed by atoms with Gasteiger partial charge in [0.2, 0.25) is 0 Å². The Morgan fingerprint density at radius 2 is 1.86 bits per heavy atom. The summed E-state index contributed by atoms with van der Waals surface area (Å²) in [5.74, 6) is 0.443. The number of halogens is 1. The number of rotatable bonds is 6. The van der Waals surface area contributed by atoms with Gasteiger partial charge < -0.3 is 10.6 Å². The Bertz CT molecular complexity index is 694. The molecule has 3 aromatic rings. The highest BCUT2D eigenvalue weighted by Crippen LogP contribution is 2.16. The van der Waals surface area contributed by atoms with E-state index in [0.717, 1.165) is 24.5 Å². The SMILES string of the molecule is Fc1ccc(Nc2ccc(NCCn3cncn3)cn2)cc1. The fourth-order valence-electron chi connectivity index (χ4n) is 1.92. The summed E-state index contributed by atoms with van der Waals surface area (Å²) < 4.78 is 14.6. The van der Waals surface area contributed by atoms with E-state index in [1.807, 2.05) is 12.1 Å². The molecule has 3 rings (SSSR count). The van der Waals surface area contributed by atoms with Gasteiger partial charge in [-0.25, -0.2) is 14.4 Å². The average molecular weight is 298 g/mol. The Morgan fingerprint density at radius 1 is 1.05 bits per heavy atom. The number of aromatic nitrogens is 4. The lowest BCUT2D eigenvalue weighted by Crippen LogP contribution is -2.11. The van der Waals surface area contributed by atoms with Crippen LogP contribution in [0.5, 0.6) is 0 Å². The van der Waals surface area contributed by atoms with Crippen LogP contribution in [0, 0.1) is 5.82 Å². The molecule has 0 atom stereocenters. The lowest BCUT2D eigenvalue weighted by molar-refractivity contribution is 0.628. The zero-order chi connectivity index (χ0) is 15.2. The first-order chi connectivity index (χ1) is 10.8. The third-order valence-electron chi connectivity index (χ3n) is 3.02. The van der Waals surface area contributed by atoms with E-state index in [2.05, 4.69) is 25.7 Å². The quantitative estimate of drug-likeness (QED) is 0.732. The summed E-state index contributed by atoms with van der Waals surface area (Å²) in [6.45, 7) is 1.46. The van der Waals surface area contributed by atoms with Crippen molar-refractivity contribution in [1.29, 1.82) is 0 Å². The maximum Gasteiger partial charge on any atom is 0.137 e. The third kappa shape index (κ3) is 3.78. The van der Waals surface area contributed by atoms with E-state index < -0.39 is 0 Å². The first kappa shape index (κ1) is 14.0. The average Bonchev–Trinajstić information content (AvgIpc) is 3.05. The van der Waals surface area contributed by atoms with E-state index in [-0.39, 0.29) is 5.82 Å². The van der Waals surface area contributed by atoms with Gasteiger partial charge in [-0.3, -0.25) is 4.68 Å². The van der Waals surface area contributed by atoms with Crippen LogP contribution in [-0.4, -0.2) is 26.3 Å². The van der Waals surface area contributed by atoms with Crippen molar-refractivity contribution < 1.29 is 4.39 Å². The maximum absolute atomic E-state index is 12.8. The molecule has 0 aliphatic carbocycles. The van der Waals surface area contributed by atoms with Crippen molar-refractivity contribution in [3.8, 4) is 0 Å². The third-order valence-corrected chi connectivity index (χ3v) is 3.02. The van der Waals surface area contributed by atoms with Gasteiger partial charge in [0.25, 0.3) is 0 Å². The smallest absolute Gasteiger partial charge is 0.137 e. The van der Waals surface area contributed by atoms with Crippen molar-refractivity contribution in [3.05, 3.63) is 61.1 Å². The number of hydrogen-bond acceptors (Lipinski definition) is 5. The van der Waals surface area contributed by atoms with Gasteiger partial charge in [-0.2, -0.15) is 5.10 Å². The largest absolute Gasteiger partial charge is 0.382 e. The molecule has 0 bridgehead atoms. The van der Waals surface area contributed by atoms with Crippen molar-refractivity contribution in [2.24, 2.45) is 0 Å². The molecule has 6 nitrogen and oxygen atoms in total. The maximum atomic E-state index is 12.8. The van der Waals surface area contributed by atoms with E-state index in [9.17, 15) is 4.39 Å². The fraction of sp³-hybridized carbons (Fsp3) is 0.133. The predicted molar refractivity (Wildman–Crippen MR) is 82.4 cm³/mol. The summed E-state index contributed by atoms with van der Waals surface area (Å²) in [5, 5.41) is 10.4. The van der Waals surface area contributed by atoms with E-state index in [0.29, 0.717) is 5.82 Å². The minimum atomic E-state index is -0.259. The molecule has 0 saturated heterocycles. The Hall–Kier alpha value is -2.96. The van der Waals surface area contributed by atoms with E-state index in [1.165, 1.54) is 18.5 Å². The minimum Gasteiger partial charge on any atom is -0.382 e. The molecule has 112 valence electrons. The van der Waals surface area contributed by atoms with Crippen LogP contribution in [-0.2, 0) is 6.54 Å². The molecule has 0 unspecified atom stereocenters. The fourth-order valence-corrected chi connectivity index (χ4v) is 1.92. The van der Waals surface area contributed by atoms with Gasteiger partial charge in [0, 0.05) is 12.2 Å². The summed E-state index contributed by atoms with van der Waals surface area (Å²) in [5.41, 5.74) is 1.71. The molecule has 0 amide bonds. The zero-order valence-corrected chi connectivity index (χ0v) is 11.8. The molecule has 2 aromatic heterocycles. The lowest BCUT2D eigenvalue weighted by atomic mass is 10.3. The predicted octanol–water partition coefficient (Wildman–Crippen LogP) is 2.67. The topological polar surface area (TPSA) is 67.7 Å². The van der Waals surface area contributed by atoms with Crippen LogP contribution >= 0.6 is 0 Å². The Labute approximate surface area is 127 Å². The van der Waals surface area contributed by atoms with Crippen LogP contribution in [0.1, 0.15) is 0 Å². The molecule has 0 aliphatic heterocycles. The summed E-state index contributed by atoms with van der Waals surface area (Å²) in [6.07, 6.45) is 4.93.